The molecule has 0 spiro atoms. The van der Waals surface area contributed by atoms with E-state index in [0.717, 1.165) is 19.0 Å². The lowest BCUT2D eigenvalue weighted by molar-refractivity contribution is 0.0696. The first-order chi connectivity index (χ1) is 10.1. The minimum Gasteiger partial charge on any atom is -0.506 e. The molecule has 1 saturated carbocycles. The molecule has 7 nitrogen and oxygen atoms in total. The molecule has 0 heterocycles. The van der Waals surface area contributed by atoms with Crippen LogP contribution in [0.25, 0.3) is 0 Å². The number of benzene rings is 1. The number of aromatic carboxylic acids is 1. The fourth-order valence-corrected chi connectivity index (χ4v) is 1.82. The first kappa shape index (κ1) is 15.1. The normalized spacial score (nSPS) is 13.7. The van der Waals surface area contributed by atoms with Gasteiger partial charge in [0.2, 0.25) is 0 Å². The van der Waals surface area contributed by atoms with Crippen LogP contribution in [0.3, 0.4) is 0 Å². The number of hydrogen-bond donors (Lipinski definition) is 5. The quantitative estimate of drug-likeness (QED) is 0.385. The number of carboxylic acid groups (broad SMARTS) is 1. The van der Waals surface area contributed by atoms with Crippen LogP contribution in [0.5, 0.6) is 5.75 Å². The Hall–Kier alpha value is -2.28. The monoisotopic (exact) mass is 293 g/mol. The van der Waals surface area contributed by atoms with E-state index in [1.165, 1.54) is 25.0 Å². The number of aromatic hydroxyl groups is 1. The second-order valence-electron chi connectivity index (χ2n) is 5.00. The number of carboxylic acids is 1. The zero-order valence-electron chi connectivity index (χ0n) is 11.6. The van der Waals surface area contributed by atoms with Crippen LogP contribution in [0.2, 0.25) is 0 Å². The Morgan fingerprint density at radius 1 is 1.24 bits per heavy atom. The summed E-state index contributed by atoms with van der Waals surface area (Å²) in [7, 11) is 0. The van der Waals surface area contributed by atoms with E-state index >= 15 is 0 Å². The number of urea groups is 1. The molecule has 1 fully saturated rings. The van der Waals surface area contributed by atoms with Gasteiger partial charge in [0.1, 0.15) is 5.75 Å². The van der Waals surface area contributed by atoms with Gasteiger partial charge in [0, 0.05) is 12.6 Å². The fourth-order valence-electron chi connectivity index (χ4n) is 1.82. The number of phenolic OH excluding ortho intramolecular Hbond substituents is 1. The first-order valence-electron chi connectivity index (χ1n) is 6.91. The van der Waals surface area contributed by atoms with Gasteiger partial charge in [-0.25, -0.2) is 9.59 Å². The highest BCUT2D eigenvalue weighted by atomic mass is 16.4. The van der Waals surface area contributed by atoms with E-state index < -0.39 is 12.0 Å². The molecule has 21 heavy (non-hydrogen) atoms. The molecule has 1 aliphatic rings. The number of amides is 2. The van der Waals surface area contributed by atoms with Crippen molar-refractivity contribution in [3.63, 3.8) is 0 Å². The number of nitrogens with one attached hydrogen (secondary N) is 3. The maximum absolute atomic E-state index is 11.6. The van der Waals surface area contributed by atoms with Crippen molar-refractivity contribution in [2.24, 2.45) is 0 Å². The average Bonchev–Trinajstić information content (AvgIpc) is 3.24. The predicted molar refractivity (Wildman–Crippen MR) is 77.7 cm³/mol. The molecule has 0 atom stereocenters. The minimum atomic E-state index is -1.13. The Balaban J connectivity index is 1.72. The molecule has 0 unspecified atom stereocenters. The lowest BCUT2D eigenvalue weighted by Gasteiger charge is -2.09. The molecule has 0 aliphatic heterocycles. The van der Waals surface area contributed by atoms with Crippen LogP contribution < -0.4 is 16.0 Å². The molecule has 114 valence electrons. The van der Waals surface area contributed by atoms with Gasteiger partial charge >= 0.3 is 12.0 Å². The number of rotatable bonds is 7. The van der Waals surface area contributed by atoms with Gasteiger partial charge in [-0.15, -0.1) is 0 Å². The number of carbonyl (C=O) groups is 2. The van der Waals surface area contributed by atoms with Gasteiger partial charge in [-0.1, -0.05) is 0 Å². The van der Waals surface area contributed by atoms with Crippen LogP contribution >= 0.6 is 0 Å². The highest BCUT2D eigenvalue weighted by molar-refractivity contribution is 5.93. The Kier molecular flexibility index (Phi) is 4.99. The summed E-state index contributed by atoms with van der Waals surface area (Å²) in [5, 5.41) is 26.9. The van der Waals surface area contributed by atoms with Crippen molar-refractivity contribution in [3.05, 3.63) is 23.8 Å². The molecule has 0 bridgehead atoms. The van der Waals surface area contributed by atoms with E-state index in [9.17, 15) is 14.7 Å². The van der Waals surface area contributed by atoms with Crippen molar-refractivity contribution in [3.8, 4) is 5.75 Å². The van der Waals surface area contributed by atoms with Crippen molar-refractivity contribution in [1.29, 1.82) is 0 Å². The third-order valence-corrected chi connectivity index (χ3v) is 3.14. The van der Waals surface area contributed by atoms with Gasteiger partial charge in [0.05, 0.1) is 11.3 Å². The molecule has 2 rings (SSSR count). The van der Waals surface area contributed by atoms with E-state index in [1.54, 1.807) is 0 Å². The second kappa shape index (κ2) is 6.94. The predicted octanol–water partition coefficient (Wildman–Crippen LogP) is 1.35. The van der Waals surface area contributed by atoms with Crippen molar-refractivity contribution in [2.75, 3.05) is 18.4 Å². The molecule has 1 aromatic rings. The van der Waals surface area contributed by atoms with Gasteiger partial charge in [0.15, 0.2) is 0 Å². The maximum Gasteiger partial charge on any atom is 0.335 e. The van der Waals surface area contributed by atoms with Gasteiger partial charge in [0.25, 0.3) is 0 Å². The minimum absolute atomic E-state index is 0.0374. The topological polar surface area (TPSA) is 111 Å². The summed E-state index contributed by atoms with van der Waals surface area (Å²) in [6.45, 7) is 1.39. The molecular formula is C14H19N3O4. The Labute approximate surface area is 122 Å². The molecule has 5 N–H and O–H groups in total. The molecule has 0 radical (unpaired) electrons. The smallest absolute Gasteiger partial charge is 0.335 e. The maximum atomic E-state index is 11.6. The third kappa shape index (κ3) is 4.96. The molecule has 1 aromatic carbocycles. The van der Waals surface area contributed by atoms with Crippen LogP contribution in [-0.4, -0.2) is 41.3 Å². The number of carbonyl (C=O) groups excluding carboxylic acids is 1. The van der Waals surface area contributed by atoms with Crippen LogP contribution in [0.1, 0.15) is 29.6 Å². The van der Waals surface area contributed by atoms with Gasteiger partial charge in [-0.3, -0.25) is 0 Å². The standard InChI is InChI=1S/C14H19N3O4/c18-12-8-9(13(19)20)2-5-11(12)17-14(21)16-7-1-6-15-10-3-4-10/h2,5,8,10,15,18H,1,3-4,6-7H2,(H,19,20)(H2,16,17,21). The molecule has 1 aliphatic carbocycles. The summed E-state index contributed by atoms with van der Waals surface area (Å²) in [4.78, 5) is 22.3. The molecular weight excluding hydrogens is 274 g/mol. The Bertz CT molecular complexity index is 529. The molecule has 2 amide bonds. The van der Waals surface area contributed by atoms with Crippen LogP contribution in [-0.2, 0) is 0 Å². The van der Waals surface area contributed by atoms with Crippen molar-refractivity contribution in [2.45, 2.75) is 25.3 Å². The summed E-state index contributed by atoms with van der Waals surface area (Å²) in [5.41, 5.74) is 0.137. The Morgan fingerprint density at radius 2 is 2.00 bits per heavy atom. The Morgan fingerprint density at radius 3 is 2.62 bits per heavy atom. The third-order valence-electron chi connectivity index (χ3n) is 3.14. The van der Waals surface area contributed by atoms with Gasteiger partial charge in [-0.2, -0.15) is 0 Å². The zero-order valence-corrected chi connectivity index (χ0v) is 11.6. The number of anilines is 1. The molecule has 0 saturated heterocycles. The van der Waals surface area contributed by atoms with Crippen LogP contribution in [0, 0.1) is 0 Å². The lowest BCUT2D eigenvalue weighted by atomic mass is 10.2. The fraction of sp³-hybridized carbons (Fsp3) is 0.429. The van der Waals surface area contributed by atoms with E-state index in [1.807, 2.05) is 0 Å². The van der Waals surface area contributed by atoms with E-state index in [4.69, 9.17) is 5.11 Å². The number of phenols is 1. The first-order valence-corrected chi connectivity index (χ1v) is 6.91. The van der Waals surface area contributed by atoms with Crippen molar-refractivity contribution in [1.82, 2.24) is 10.6 Å². The summed E-state index contributed by atoms with van der Waals surface area (Å²) < 4.78 is 0. The SMILES string of the molecule is O=C(NCCCNC1CC1)Nc1ccc(C(=O)O)cc1O. The van der Waals surface area contributed by atoms with Crippen LogP contribution in [0.15, 0.2) is 18.2 Å². The lowest BCUT2D eigenvalue weighted by Crippen LogP contribution is -2.31. The van der Waals surface area contributed by atoms with E-state index in [0.29, 0.717) is 12.6 Å². The van der Waals surface area contributed by atoms with Crippen LogP contribution in [0.4, 0.5) is 10.5 Å². The summed E-state index contributed by atoms with van der Waals surface area (Å²) in [6.07, 6.45) is 3.30. The summed E-state index contributed by atoms with van der Waals surface area (Å²) in [6, 6.07) is 3.99. The second-order valence-corrected chi connectivity index (χ2v) is 5.00. The molecule has 0 aromatic heterocycles. The van der Waals surface area contributed by atoms with Crippen molar-refractivity contribution >= 4 is 17.7 Å². The highest BCUT2D eigenvalue weighted by Gasteiger charge is 2.19. The summed E-state index contributed by atoms with van der Waals surface area (Å²) >= 11 is 0. The van der Waals surface area contributed by atoms with E-state index in [-0.39, 0.29) is 17.0 Å². The van der Waals surface area contributed by atoms with E-state index in [2.05, 4.69) is 16.0 Å². The van der Waals surface area contributed by atoms with Gasteiger partial charge in [-0.05, 0) is 44.0 Å². The summed E-state index contributed by atoms with van der Waals surface area (Å²) in [5.74, 6) is -1.41. The zero-order chi connectivity index (χ0) is 15.2. The van der Waals surface area contributed by atoms with Crippen molar-refractivity contribution < 1.29 is 19.8 Å². The molecule has 7 heteroatoms. The highest BCUT2D eigenvalue weighted by Crippen LogP contribution is 2.24. The average molecular weight is 293 g/mol. The number of hydrogen-bond acceptors (Lipinski definition) is 4. The van der Waals surface area contributed by atoms with Gasteiger partial charge < -0.3 is 26.2 Å². The largest absolute Gasteiger partial charge is 0.506 e.